The van der Waals surface area contributed by atoms with Crippen LogP contribution >= 0.6 is 11.3 Å². The van der Waals surface area contributed by atoms with Crippen LogP contribution in [0.25, 0.3) is 0 Å². The molecule has 0 saturated heterocycles. The summed E-state index contributed by atoms with van der Waals surface area (Å²) in [6, 6.07) is 6.98. The molecule has 1 aromatic carbocycles. The van der Waals surface area contributed by atoms with Crippen LogP contribution in [0.5, 0.6) is 0 Å². The molecule has 96 valence electrons. The number of halogens is 1. The number of hydrogen-bond acceptors (Lipinski definition) is 3. The van der Waals surface area contributed by atoms with Crippen molar-refractivity contribution in [3.8, 4) is 0 Å². The van der Waals surface area contributed by atoms with E-state index in [1.165, 1.54) is 17.0 Å². The fourth-order valence-corrected chi connectivity index (χ4v) is 2.54. The molecule has 2 aromatic rings. The minimum atomic E-state index is -0.186. The number of nitrogens with one attached hydrogen (secondary N) is 1. The highest BCUT2D eigenvalue weighted by atomic mass is 32.1. The van der Waals surface area contributed by atoms with E-state index in [2.05, 4.69) is 17.2 Å². The number of nitrogens with zero attached hydrogens (tertiary/aromatic N) is 1. The first-order valence-corrected chi connectivity index (χ1v) is 7.03. The summed E-state index contributed by atoms with van der Waals surface area (Å²) in [5, 5.41) is 3.51. The Morgan fingerprint density at radius 3 is 2.72 bits per heavy atom. The second-order valence-electron chi connectivity index (χ2n) is 4.24. The van der Waals surface area contributed by atoms with Crippen molar-refractivity contribution in [3.05, 3.63) is 52.2 Å². The molecular formula is C14H17FN2S. The van der Waals surface area contributed by atoms with Crippen LogP contribution in [0.4, 0.5) is 4.39 Å². The molecule has 0 radical (unpaired) electrons. The molecule has 0 saturated carbocycles. The van der Waals surface area contributed by atoms with E-state index in [9.17, 15) is 4.39 Å². The van der Waals surface area contributed by atoms with Gasteiger partial charge in [-0.15, -0.1) is 11.3 Å². The first-order chi connectivity index (χ1) is 8.79. The SMILES string of the molecule is CCCNC(Cc1ccc(F)cc1)c1cncs1. The molecule has 1 heterocycles. The molecular weight excluding hydrogens is 247 g/mol. The van der Waals surface area contributed by atoms with Crippen molar-refractivity contribution < 1.29 is 4.39 Å². The Bertz CT molecular complexity index is 453. The third kappa shape index (κ3) is 3.62. The van der Waals surface area contributed by atoms with Gasteiger partial charge in [-0.25, -0.2) is 4.39 Å². The Morgan fingerprint density at radius 1 is 1.33 bits per heavy atom. The Hall–Kier alpha value is -1.26. The van der Waals surface area contributed by atoms with Crippen molar-refractivity contribution in [2.24, 2.45) is 0 Å². The number of rotatable bonds is 6. The highest BCUT2D eigenvalue weighted by Gasteiger charge is 2.13. The topological polar surface area (TPSA) is 24.9 Å². The average molecular weight is 264 g/mol. The van der Waals surface area contributed by atoms with Gasteiger partial charge in [0.1, 0.15) is 5.82 Å². The van der Waals surface area contributed by atoms with Crippen LogP contribution in [0.2, 0.25) is 0 Å². The Balaban J connectivity index is 2.07. The van der Waals surface area contributed by atoms with Gasteiger partial charge >= 0.3 is 0 Å². The van der Waals surface area contributed by atoms with Crippen LogP contribution in [0.15, 0.2) is 36.0 Å². The molecule has 1 N–H and O–H groups in total. The van der Waals surface area contributed by atoms with Gasteiger partial charge in [-0.3, -0.25) is 4.98 Å². The molecule has 1 atom stereocenters. The van der Waals surface area contributed by atoms with E-state index in [4.69, 9.17) is 0 Å². The van der Waals surface area contributed by atoms with Crippen molar-refractivity contribution in [3.63, 3.8) is 0 Å². The molecule has 2 rings (SSSR count). The van der Waals surface area contributed by atoms with E-state index in [0.717, 1.165) is 24.9 Å². The molecule has 0 amide bonds. The van der Waals surface area contributed by atoms with Gasteiger partial charge in [0.25, 0.3) is 0 Å². The average Bonchev–Trinajstić information content (AvgIpc) is 2.90. The van der Waals surface area contributed by atoms with E-state index in [1.54, 1.807) is 11.3 Å². The Morgan fingerprint density at radius 2 is 2.11 bits per heavy atom. The van der Waals surface area contributed by atoms with Gasteiger partial charge in [-0.1, -0.05) is 19.1 Å². The normalized spacial score (nSPS) is 12.6. The van der Waals surface area contributed by atoms with E-state index in [1.807, 2.05) is 23.8 Å². The van der Waals surface area contributed by atoms with E-state index in [0.29, 0.717) is 0 Å². The predicted octanol–water partition coefficient (Wildman–Crippen LogP) is 3.57. The van der Waals surface area contributed by atoms with Crippen molar-refractivity contribution in [2.75, 3.05) is 6.54 Å². The minimum absolute atomic E-state index is 0.186. The van der Waals surface area contributed by atoms with Gasteiger partial charge in [-0.2, -0.15) is 0 Å². The zero-order valence-corrected chi connectivity index (χ0v) is 11.2. The van der Waals surface area contributed by atoms with Gasteiger partial charge in [0.05, 0.1) is 5.51 Å². The van der Waals surface area contributed by atoms with Crippen LogP contribution in [-0.2, 0) is 6.42 Å². The van der Waals surface area contributed by atoms with Crippen LogP contribution in [-0.4, -0.2) is 11.5 Å². The largest absolute Gasteiger partial charge is 0.309 e. The van der Waals surface area contributed by atoms with Crippen LogP contribution in [0, 0.1) is 5.82 Å². The van der Waals surface area contributed by atoms with Crippen LogP contribution in [0.1, 0.15) is 29.8 Å². The molecule has 0 bridgehead atoms. The lowest BCUT2D eigenvalue weighted by molar-refractivity contribution is 0.535. The number of benzene rings is 1. The molecule has 0 aliphatic rings. The molecule has 4 heteroatoms. The van der Waals surface area contributed by atoms with Gasteiger partial charge < -0.3 is 5.32 Å². The first-order valence-electron chi connectivity index (χ1n) is 6.16. The van der Waals surface area contributed by atoms with E-state index >= 15 is 0 Å². The molecule has 0 aliphatic carbocycles. The summed E-state index contributed by atoms with van der Waals surface area (Å²) in [7, 11) is 0. The standard InChI is InChI=1S/C14H17FN2S/c1-2-7-17-13(14-9-16-10-18-14)8-11-3-5-12(15)6-4-11/h3-6,9-10,13,17H,2,7-8H2,1H3. The molecule has 0 fully saturated rings. The third-order valence-corrected chi connectivity index (χ3v) is 3.68. The maximum atomic E-state index is 12.9. The fraction of sp³-hybridized carbons (Fsp3) is 0.357. The molecule has 0 spiro atoms. The van der Waals surface area contributed by atoms with Crippen molar-refractivity contribution in [1.82, 2.24) is 10.3 Å². The second kappa shape index (κ2) is 6.61. The van der Waals surface area contributed by atoms with Crippen molar-refractivity contribution >= 4 is 11.3 Å². The minimum Gasteiger partial charge on any atom is -0.309 e. The monoisotopic (exact) mass is 264 g/mol. The molecule has 0 aliphatic heterocycles. The van der Waals surface area contributed by atoms with Crippen LogP contribution < -0.4 is 5.32 Å². The summed E-state index contributed by atoms with van der Waals surface area (Å²) in [4.78, 5) is 5.35. The molecule has 18 heavy (non-hydrogen) atoms. The number of thiazole rings is 1. The summed E-state index contributed by atoms with van der Waals surface area (Å²) in [5.74, 6) is -0.186. The molecule has 2 nitrogen and oxygen atoms in total. The maximum Gasteiger partial charge on any atom is 0.123 e. The lowest BCUT2D eigenvalue weighted by atomic mass is 10.0. The number of hydrogen-bond donors (Lipinski definition) is 1. The third-order valence-electron chi connectivity index (χ3n) is 2.79. The number of aromatic nitrogens is 1. The summed E-state index contributed by atoms with van der Waals surface area (Å²) in [6.07, 6.45) is 3.86. The Labute approximate surface area is 111 Å². The summed E-state index contributed by atoms with van der Waals surface area (Å²) in [5.41, 5.74) is 2.99. The van der Waals surface area contributed by atoms with Gasteiger partial charge in [0.15, 0.2) is 0 Å². The Kier molecular flexibility index (Phi) is 4.84. The van der Waals surface area contributed by atoms with Gasteiger partial charge in [-0.05, 0) is 37.1 Å². The first kappa shape index (κ1) is 13.2. The zero-order chi connectivity index (χ0) is 12.8. The van der Waals surface area contributed by atoms with Gasteiger partial charge in [0.2, 0.25) is 0 Å². The zero-order valence-electron chi connectivity index (χ0n) is 10.4. The van der Waals surface area contributed by atoms with Crippen molar-refractivity contribution in [1.29, 1.82) is 0 Å². The quantitative estimate of drug-likeness (QED) is 0.863. The van der Waals surface area contributed by atoms with E-state index < -0.39 is 0 Å². The van der Waals surface area contributed by atoms with Crippen LogP contribution in [0.3, 0.4) is 0 Å². The molecule has 1 unspecified atom stereocenters. The van der Waals surface area contributed by atoms with Gasteiger partial charge in [0, 0.05) is 17.1 Å². The second-order valence-corrected chi connectivity index (χ2v) is 5.16. The summed E-state index contributed by atoms with van der Waals surface area (Å²) in [6.45, 7) is 3.12. The highest BCUT2D eigenvalue weighted by molar-refractivity contribution is 7.09. The lowest BCUT2D eigenvalue weighted by Crippen LogP contribution is -2.23. The fourth-order valence-electron chi connectivity index (χ4n) is 1.85. The summed E-state index contributed by atoms with van der Waals surface area (Å²) >= 11 is 1.66. The lowest BCUT2D eigenvalue weighted by Gasteiger charge is -2.16. The maximum absolute atomic E-state index is 12.9. The predicted molar refractivity (Wildman–Crippen MR) is 73.3 cm³/mol. The molecule has 1 aromatic heterocycles. The summed E-state index contributed by atoms with van der Waals surface area (Å²) < 4.78 is 12.9. The van der Waals surface area contributed by atoms with Crippen molar-refractivity contribution in [2.45, 2.75) is 25.8 Å². The van der Waals surface area contributed by atoms with E-state index in [-0.39, 0.29) is 11.9 Å². The smallest absolute Gasteiger partial charge is 0.123 e. The highest BCUT2D eigenvalue weighted by Crippen LogP contribution is 2.21.